The smallest absolute Gasteiger partial charge is 0.240 e. The van der Waals surface area contributed by atoms with Gasteiger partial charge >= 0.3 is 0 Å². The first-order chi connectivity index (χ1) is 16.8. The van der Waals surface area contributed by atoms with Crippen LogP contribution in [0.1, 0.15) is 22.6 Å². The Bertz CT molecular complexity index is 1050. The Morgan fingerprint density at radius 1 is 1.00 bits per heavy atom. The highest BCUT2D eigenvalue weighted by Gasteiger charge is 2.27. The summed E-state index contributed by atoms with van der Waals surface area (Å²) in [6, 6.07) is 10.7. The first kappa shape index (κ1) is 28.3. The van der Waals surface area contributed by atoms with Crippen LogP contribution in [-0.2, 0) is 30.8 Å². The monoisotopic (exact) mass is 545 g/mol. The molecule has 1 heterocycles. The van der Waals surface area contributed by atoms with Crippen LogP contribution in [0, 0.1) is 0 Å². The van der Waals surface area contributed by atoms with Gasteiger partial charge in [0.25, 0.3) is 0 Å². The molecule has 1 aliphatic heterocycles. The molecule has 3 N–H and O–H groups in total. The van der Waals surface area contributed by atoms with Crippen LogP contribution in [0.5, 0.6) is 0 Å². The van der Waals surface area contributed by atoms with Gasteiger partial charge in [-0.2, -0.15) is 0 Å². The lowest BCUT2D eigenvalue weighted by Crippen LogP contribution is -2.31. The molecule has 0 unspecified atom stereocenters. The molecule has 8 nitrogen and oxygen atoms in total. The quantitative estimate of drug-likeness (QED) is 0.352. The number of sulfonamides is 1. The first-order valence-electron chi connectivity index (χ1n) is 11.5. The molecule has 1 aliphatic rings. The molecule has 0 saturated heterocycles. The zero-order valence-corrected chi connectivity index (χ0v) is 22.2. The van der Waals surface area contributed by atoms with Crippen molar-refractivity contribution in [2.24, 2.45) is 5.73 Å². The minimum atomic E-state index is -3.64. The van der Waals surface area contributed by atoms with Gasteiger partial charge in [-0.25, -0.2) is 13.1 Å². The normalized spacial score (nSPS) is 16.4. The fourth-order valence-corrected chi connectivity index (χ4v) is 5.55. The van der Waals surface area contributed by atoms with Crippen molar-refractivity contribution in [3.05, 3.63) is 63.1 Å². The van der Waals surface area contributed by atoms with Crippen molar-refractivity contribution in [1.29, 1.82) is 0 Å². The average Bonchev–Trinajstić information content (AvgIpc) is 2.83. The van der Waals surface area contributed by atoms with E-state index < -0.39 is 10.0 Å². The number of nitrogens with one attached hydrogen (secondary N) is 1. The van der Waals surface area contributed by atoms with Crippen LogP contribution >= 0.6 is 23.2 Å². The molecule has 0 amide bonds. The molecule has 0 bridgehead atoms. The Morgan fingerprint density at radius 3 is 2.29 bits per heavy atom. The standard InChI is InChI=1S/C24H33Cl2N3O5S/c1-29-16-22(21-14-19(25)15-24(26)23(21)17-29)18-2-4-20(5-3-18)35(30,31)28-7-9-33-11-13-34-12-10-32-8-6-27/h2-5,14-15,22,28H,6-13,16-17,27H2,1H3/t22-/m1/s1. The third kappa shape index (κ3) is 8.38. The van der Waals surface area contributed by atoms with Crippen molar-refractivity contribution in [1.82, 2.24) is 9.62 Å². The molecule has 0 spiro atoms. The van der Waals surface area contributed by atoms with E-state index in [1.165, 1.54) is 0 Å². The topological polar surface area (TPSA) is 103 Å². The third-order valence-corrected chi connectivity index (χ3v) is 7.66. The molecule has 35 heavy (non-hydrogen) atoms. The summed E-state index contributed by atoms with van der Waals surface area (Å²) in [7, 11) is -1.61. The van der Waals surface area contributed by atoms with E-state index in [9.17, 15) is 8.42 Å². The highest BCUT2D eigenvalue weighted by atomic mass is 35.5. The Kier molecular flexibility index (Phi) is 11.2. The van der Waals surface area contributed by atoms with Gasteiger partial charge in [0.05, 0.1) is 44.5 Å². The van der Waals surface area contributed by atoms with Gasteiger partial charge in [-0.3, -0.25) is 0 Å². The molecule has 0 fully saturated rings. The second kappa shape index (κ2) is 13.9. The summed E-state index contributed by atoms with van der Waals surface area (Å²) in [6.45, 7) is 4.69. The van der Waals surface area contributed by atoms with Crippen molar-refractivity contribution < 1.29 is 22.6 Å². The van der Waals surface area contributed by atoms with Crippen molar-refractivity contribution in [2.75, 3.05) is 66.3 Å². The highest BCUT2D eigenvalue weighted by molar-refractivity contribution is 7.89. The number of likely N-dealkylation sites (N-methyl/N-ethyl adjacent to an activating group) is 1. The second-order valence-corrected chi connectivity index (χ2v) is 10.9. The zero-order valence-electron chi connectivity index (χ0n) is 19.8. The number of nitrogens with two attached hydrogens (primary N) is 1. The number of hydrogen-bond donors (Lipinski definition) is 2. The average molecular weight is 547 g/mol. The predicted molar refractivity (Wildman–Crippen MR) is 138 cm³/mol. The van der Waals surface area contributed by atoms with E-state index in [1.54, 1.807) is 18.2 Å². The predicted octanol–water partition coefficient (Wildman–Crippen LogP) is 2.86. The van der Waals surface area contributed by atoms with E-state index >= 15 is 0 Å². The molecule has 0 aliphatic carbocycles. The van der Waals surface area contributed by atoms with Crippen LogP contribution in [0.4, 0.5) is 0 Å². The molecule has 0 saturated carbocycles. The van der Waals surface area contributed by atoms with Crippen molar-refractivity contribution >= 4 is 33.2 Å². The number of hydrogen-bond acceptors (Lipinski definition) is 7. The molecular weight excluding hydrogens is 513 g/mol. The van der Waals surface area contributed by atoms with Gasteiger partial charge in [-0.1, -0.05) is 35.3 Å². The Balaban J connectivity index is 1.49. The molecule has 0 aromatic heterocycles. The van der Waals surface area contributed by atoms with Gasteiger partial charge in [-0.05, 0) is 48.0 Å². The lowest BCUT2D eigenvalue weighted by molar-refractivity contribution is 0.0171. The van der Waals surface area contributed by atoms with E-state index in [4.69, 9.17) is 43.1 Å². The van der Waals surface area contributed by atoms with E-state index in [2.05, 4.69) is 9.62 Å². The number of nitrogens with zero attached hydrogens (tertiary/aromatic N) is 1. The molecule has 2 aromatic rings. The van der Waals surface area contributed by atoms with Gasteiger partial charge in [0.15, 0.2) is 0 Å². The van der Waals surface area contributed by atoms with E-state index in [0.29, 0.717) is 49.6 Å². The fourth-order valence-electron chi connectivity index (χ4n) is 3.97. The van der Waals surface area contributed by atoms with E-state index in [-0.39, 0.29) is 24.0 Å². The van der Waals surface area contributed by atoms with Crippen molar-refractivity contribution in [3.63, 3.8) is 0 Å². The number of ether oxygens (including phenoxy) is 3. The molecule has 2 aromatic carbocycles. The van der Waals surface area contributed by atoms with Crippen LogP contribution < -0.4 is 10.5 Å². The van der Waals surface area contributed by atoms with Crippen LogP contribution in [0.2, 0.25) is 10.0 Å². The maximum atomic E-state index is 12.7. The molecular formula is C24H33Cl2N3O5S. The van der Waals surface area contributed by atoms with Crippen LogP contribution in [-0.4, -0.2) is 79.6 Å². The number of halogens is 2. The highest BCUT2D eigenvalue weighted by Crippen LogP contribution is 2.38. The van der Waals surface area contributed by atoms with Gasteiger partial charge in [0.1, 0.15) is 0 Å². The third-order valence-electron chi connectivity index (χ3n) is 5.63. The SMILES string of the molecule is CN1Cc2c(Cl)cc(Cl)cc2[C@@H](c2ccc(S(=O)(=O)NCCOCCOCCOCCN)cc2)C1. The Labute approximate surface area is 217 Å². The van der Waals surface area contributed by atoms with Gasteiger partial charge in [0.2, 0.25) is 10.0 Å². The minimum Gasteiger partial charge on any atom is -0.378 e. The van der Waals surface area contributed by atoms with Crippen molar-refractivity contribution in [2.45, 2.75) is 17.4 Å². The van der Waals surface area contributed by atoms with Crippen molar-refractivity contribution in [3.8, 4) is 0 Å². The first-order valence-corrected chi connectivity index (χ1v) is 13.7. The second-order valence-electron chi connectivity index (χ2n) is 8.30. The Morgan fingerprint density at radius 2 is 1.63 bits per heavy atom. The molecule has 1 atom stereocenters. The summed E-state index contributed by atoms with van der Waals surface area (Å²) in [6.07, 6.45) is 0. The van der Waals surface area contributed by atoms with Gasteiger partial charge < -0.3 is 24.8 Å². The summed E-state index contributed by atoms with van der Waals surface area (Å²) in [5.41, 5.74) is 8.47. The lowest BCUT2D eigenvalue weighted by atomic mass is 9.85. The van der Waals surface area contributed by atoms with E-state index in [0.717, 1.165) is 29.8 Å². The lowest BCUT2D eigenvalue weighted by Gasteiger charge is -2.33. The fraction of sp³-hybridized carbons (Fsp3) is 0.500. The summed E-state index contributed by atoms with van der Waals surface area (Å²) in [4.78, 5) is 2.40. The summed E-state index contributed by atoms with van der Waals surface area (Å²) in [5, 5.41) is 1.25. The number of fused-ring (bicyclic) bond motifs is 1. The molecule has 0 radical (unpaired) electrons. The van der Waals surface area contributed by atoms with Crippen LogP contribution in [0.15, 0.2) is 41.3 Å². The summed E-state index contributed by atoms with van der Waals surface area (Å²) >= 11 is 12.7. The van der Waals surface area contributed by atoms with E-state index in [1.807, 2.05) is 25.2 Å². The van der Waals surface area contributed by atoms with Gasteiger partial charge in [-0.15, -0.1) is 0 Å². The largest absolute Gasteiger partial charge is 0.378 e. The zero-order chi connectivity index (χ0) is 25.3. The maximum Gasteiger partial charge on any atom is 0.240 e. The number of rotatable bonds is 14. The minimum absolute atomic E-state index is 0.0486. The summed E-state index contributed by atoms with van der Waals surface area (Å²) in [5.74, 6) is 0.0486. The molecule has 11 heteroatoms. The summed E-state index contributed by atoms with van der Waals surface area (Å²) < 4.78 is 43.9. The Hall–Kier alpha value is -1.27. The van der Waals surface area contributed by atoms with Crippen LogP contribution in [0.25, 0.3) is 0 Å². The number of benzene rings is 2. The maximum absolute atomic E-state index is 12.7. The van der Waals surface area contributed by atoms with Crippen LogP contribution in [0.3, 0.4) is 0 Å². The molecule has 3 rings (SSSR count). The molecule has 194 valence electrons. The van der Waals surface area contributed by atoms with Gasteiger partial charge in [0, 0.05) is 42.1 Å².